The van der Waals surface area contributed by atoms with Gasteiger partial charge in [-0.3, -0.25) is 0 Å². The van der Waals surface area contributed by atoms with Crippen LogP contribution in [0.3, 0.4) is 0 Å². The first-order valence-corrected chi connectivity index (χ1v) is 16.8. The van der Waals surface area contributed by atoms with Crippen molar-refractivity contribution in [3.8, 4) is 12.1 Å². The van der Waals surface area contributed by atoms with Gasteiger partial charge >= 0.3 is 5.82 Å². The van der Waals surface area contributed by atoms with E-state index in [1.807, 2.05) is 12.1 Å². The lowest BCUT2D eigenvalue weighted by Crippen LogP contribution is -2.06. The number of benzene rings is 2. The second kappa shape index (κ2) is 14.5. The molecule has 4 nitrogen and oxygen atoms in total. The third-order valence-electron chi connectivity index (χ3n) is 8.58. The van der Waals surface area contributed by atoms with Crippen LogP contribution in [-0.2, 0) is 12.8 Å². The number of nitrogens with zero attached hydrogens (tertiary/aromatic N) is 4. The Bertz CT molecular complexity index is 1720. The zero-order valence-corrected chi connectivity index (χ0v) is 26.8. The maximum atomic E-state index is 9.65. The summed E-state index contributed by atoms with van der Waals surface area (Å²) in [6.45, 7) is 24.2. The largest absolute Gasteiger partial charge is 0.536 e. The average Bonchev–Trinajstić information content (AvgIpc) is 3.62. The highest BCUT2D eigenvalue weighted by Gasteiger charge is 2.22. The van der Waals surface area contributed by atoms with Gasteiger partial charge in [0.2, 0.25) is 0 Å². The van der Waals surface area contributed by atoms with Crippen LogP contribution in [0.25, 0.3) is 52.0 Å². The van der Waals surface area contributed by atoms with Crippen molar-refractivity contribution < 1.29 is 0 Å². The zero-order chi connectivity index (χ0) is 30.2. The topological polar surface area (TPSA) is 56.3 Å². The number of thiophene rings is 2. The maximum absolute atomic E-state index is 9.65. The van der Waals surface area contributed by atoms with E-state index in [0.717, 1.165) is 45.5 Å². The fourth-order valence-electron chi connectivity index (χ4n) is 6.08. The van der Waals surface area contributed by atoms with Gasteiger partial charge in [0.05, 0.1) is 4.53 Å². The highest BCUT2D eigenvalue weighted by Crippen LogP contribution is 2.40. The molecule has 214 valence electrons. The van der Waals surface area contributed by atoms with Crippen LogP contribution in [0.1, 0.15) is 90.2 Å². The Labute approximate surface area is 257 Å². The van der Waals surface area contributed by atoms with Gasteiger partial charge < -0.3 is 0 Å². The third kappa shape index (κ3) is 6.37. The highest BCUT2D eigenvalue weighted by molar-refractivity contribution is 7.18. The van der Waals surface area contributed by atoms with Crippen LogP contribution in [0.4, 0.5) is 0 Å². The van der Waals surface area contributed by atoms with Crippen LogP contribution in [0.15, 0.2) is 24.3 Å². The van der Waals surface area contributed by atoms with Gasteiger partial charge in [-0.25, -0.2) is 0 Å². The minimum atomic E-state index is 0.136. The summed E-state index contributed by atoms with van der Waals surface area (Å²) in [5.41, 5.74) is 2.80. The Hall–Kier alpha value is -3.68. The fraction of sp³-hybridized carbons (Fsp3) is 0.444. The van der Waals surface area contributed by atoms with E-state index in [4.69, 9.17) is 13.1 Å². The number of rotatable bonds is 12. The van der Waals surface area contributed by atoms with Crippen molar-refractivity contribution in [3.05, 3.63) is 67.3 Å². The first-order valence-electron chi connectivity index (χ1n) is 15.2. The van der Waals surface area contributed by atoms with E-state index >= 15 is 0 Å². The van der Waals surface area contributed by atoms with Crippen LogP contribution in [0.2, 0.25) is 0 Å². The van der Waals surface area contributed by atoms with E-state index in [2.05, 4.69) is 61.7 Å². The lowest BCUT2D eigenvalue weighted by Gasteiger charge is -2.21. The van der Waals surface area contributed by atoms with Crippen LogP contribution in [-0.4, -0.2) is 0 Å². The minimum absolute atomic E-state index is 0.136. The van der Waals surface area contributed by atoms with Gasteiger partial charge in [0.1, 0.15) is 35.4 Å². The Balaban J connectivity index is 2.15. The first kappa shape index (κ1) is 31.3. The lowest BCUT2D eigenvalue weighted by molar-refractivity contribution is 0.450. The second-order valence-electron chi connectivity index (χ2n) is 11.3. The number of unbranched alkanes of at least 4 members (excludes halogenated alkanes) is 2. The molecule has 2 atom stereocenters. The number of hydrogen-bond donors (Lipinski definition) is 0. The molecule has 0 saturated heterocycles. The van der Waals surface area contributed by atoms with Crippen molar-refractivity contribution in [1.29, 1.82) is 10.5 Å². The summed E-state index contributed by atoms with van der Waals surface area (Å²) in [5, 5.41) is 24.0. The van der Waals surface area contributed by atoms with Gasteiger partial charge in [-0.15, -0.1) is 22.7 Å². The average molecular weight is 591 g/mol. The quantitative estimate of drug-likeness (QED) is 0.154. The van der Waals surface area contributed by atoms with E-state index in [-0.39, 0.29) is 11.4 Å². The lowest BCUT2D eigenvalue weighted by atomic mass is 9.85. The van der Waals surface area contributed by atoms with Crippen LogP contribution >= 0.6 is 22.7 Å². The molecule has 0 saturated carbocycles. The van der Waals surface area contributed by atoms with Crippen LogP contribution in [0, 0.1) is 47.6 Å². The van der Waals surface area contributed by atoms with Gasteiger partial charge in [-0.2, -0.15) is 20.2 Å². The monoisotopic (exact) mass is 590 g/mol. The van der Waals surface area contributed by atoms with E-state index < -0.39 is 0 Å². The molecule has 2 heterocycles. The summed E-state index contributed by atoms with van der Waals surface area (Å²) in [6, 6.07) is 12.8. The molecule has 2 aromatic carbocycles. The molecule has 0 N–H and O–H groups in total. The van der Waals surface area contributed by atoms with Crippen molar-refractivity contribution in [3.63, 3.8) is 0 Å². The first-order chi connectivity index (χ1) is 20.5. The molecule has 0 fully saturated rings. The smallest absolute Gasteiger partial charge is 0.192 e. The molecule has 6 heteroatoms. The standard InChI is InChI=1S/C36H38N4S2/c1-7-11-13-23(9-3)15-30-29-18-26-20-33(36(39-5)40-6)42-35(26)31(16-24(10-4)14-12-8-2)28(29)17-25-19-32(41-34(25)30)27(21-37)22-38/h17-20,23-24H,7-16H2,1-4H3. The predicted molar refractivity (Wildman–Crippen MR) is 179 cm³/mol. The maximum Gasteiger partial charge on any atom is 0.536 e. The van der Waals surface area contributed by atoms with Crippen molar-refractivity contribution in [2.75, 3.05) is 0 Å². The van der Waals surface area contributed by atoms with Crippen molar-refractivity contribution in [1.82, 2.24) is 0 Å². The van der Waals surface area contributed by atoms with E-state index in [1.165, 1.54) is 69.8 Å². The molecule has 2 unspecified atom stereocenters. The fourth-order valence-corrected chi connectivity index (χ4v) is 8.37. The normalized spacial score (nSPS) is 12.5. The number of hydrogen-bond acceptors (Lipinski definition) is 4. The molecular weight excluding hydrogens is 553 g/mol. The molecule has 0 aliphatic carbocycles. The van der Waals surface area contributed by atoms with Gasteiger partial charge in [0.15, 0.2) is 0 Å². The summed E-state index contributed by atoms with van der Waals surface area (Å²) in [7, 11) is 0. The summed E-state index contributed by atoms with van der Waals surface area (Å²) >= 11 is 3.15. The Morgan fingerprint density at radius 2 is 1.19 bits per heavy atom. The summed E-state index contributed by atoms with van der Waals surface area (Å²) in [5.74, 6) is 1.24. The molecule has 0 radical (unpaired) electrons. The third-order valence-corrected chi connectivity index (χ3v) is 11.0. The second-order valence-corrected chi connectivity index (χ2v) is 13.4. The molecule has 4 rings (SSSR count). The zero-order valence-electron chi connectivity index (χ0n) is 25.1. The molecule has 0 aliphatic heterocycles. The Kier molecular flexibility index (Phi) is 10.8. The van der Waals surface area contributed by atoms with Crippen LogP contribution < -0.4 is 9.06 Å². The molecule has 0 bridgehead atoms. The number of fused-ring (bicyclic) bond motifs is 3. The predicted octanol–water partition coefficient (Wildman–Crippen LogP) is 9.89. The molecule has 0 aliphatic rings. The van der Waals surface area contributed by atoms with Crippen molar-refractivity contribution in [2.45, 2.75) is 91.9 Å². The molecule has 2 aromatic heterocycles. The van der Waals surface area contributed by atoms with E-state index in [9.17, 15) is 10.5 Å². The van der Waals surface area contributed by atoms with E-state index in [1.54, 1.807) is 22.7 Å². The number of nitriles is 2. The van der Waals surface area contributed by atoms with Gasteiger partial charge in [0.25, 0.3) is 0 Å². The molecule has 0 spiro atoms. The Morgan fingerprint density at radius 3 is 1.60 bits per heavy atom. The summed E-state index contributed by atoms with van der Waals surface area (Å²) in [6.07, 6.45) is 11.2. The van der Waals surface area contributed by atoms with Gasteiger partial charge in [0, 0.05) is 9.40 Å². The summed E-state index contributed by atoms with van der Waals surface area (Å²) in [4.78, 5) is 7.07. The summed E-state index contributed by atoms with van der Waals surface area (Å²) < 4.78 is 3.83. The van der Waals surface area contributed by atoms with Crippen LogP contribution in [0.5, 0.6) is 0 Å². The SMILES string of the molecule is [C-]#[N+]C([N+]#[C-])=c1cc2cc3c(CC(CC)CCCC)c4sc(=C(C#N)C#N)cc4cc3c(CC(CC)CCCC)c2s1. The van der Waals surface area contributed by atoms with E-state index in [0.29, 0.717) is 11.8 Å². The minimum Gasteiger partial charge on any atom is -0.192 e. The highest BCUT2D eigenvalue weighted by atomic mass is 32.1. The Morgan fingerprint density at radius 1 is 0.738 bits per heavy atom. The van der Waals surface area contributed by atoms with Crippen molar-refractivity contribution in [2.24, 2.45) is 11.8 Å². The molecule has 0 amide bonds. The molecular formula is C36H38N4S2. The van der Waals surface area contributed by atoms with Gasteiger partial charge in [-0.1, -0.05) is 79.1 Å². The van der Waals surface area contributed by atoms with Gasteiger partial charge in [-0.05, 0) is 81.6 Å². The van der Waals surface area contributed by atoms with Crippen molar-refractivity contribution >= 4 is 65.0 Å². The molecule has 42 heavy (non-hydrogen) atoms. The molecule has 4 aromatic rings.